The summed E-state index contributed by atoms with van der Waals surface area (Å²) in [5.41, 5.74) is 0.716. The molecule has 3 rings (SSSR count). The Balaban J connectivity index is 1.64. The highest BCUT2D eigenvalue weighted by molar-refractivity contribution is 7.10. The fraction of sp³-hybridized carbons (Fsp3) is 0.556. The van der Waals surface area contributed by atoms with Crippen LogP contribution >= 0.6 is 11.3 Å². The van der Waals surface area contributed by atoms with E-state index in [9.17, 15) is 4.79 Å². The summed E-state index contributed by atoms with van der Waals surface area (Å²) < 4.78 is 1.89. The molecule has 0 atom stereocenters. The van der Waals surface area contributed by atoms with Gasteiger partial charge in [0.1, 0.15) is 0 Å². The molecule has 0 aliphatic carbocycles. The van der Waals surface area contributed by atoms with Crippen LogP contribution < -0.4 is 0 Å². The third kappa shape index (κ3) is 3.26. The zero-order valence-electron chi connectivity index (χ0n) is 14.3. The van der Waals surface area contributed by atoms with Crippen molar-refractivity contribution in [2.24, 2.45) is 0 Å². The maximum absolute atomic E-state index is 13.0. The lowest BCUT2D eigenvalue weighted by Crippen LogP contribution is -2.46. The Hall–Kier alpha value is -1.66. The molecule has 0 aromatic carbocycles. The maximum Gasteiger partial charge on any atom is 0.233 e. The predicted octanol–water partition coefficient (Wildman–Crippen LogP) is 2.62. The molecular formula is C18H25N3O2S. The third-order valence-corrected chi connectivity index (χ3v) is 6.13. The number of nitrogens with zero attached hydrogens (tertiary/aromatic N) is 3. The zero-order valence-corrected chi connectivity index (χ0v) is 15.1. The number of piperidine rings is 1. The van der Waals surface area contributed by atoms with Crippen LogP contribution in [0.2, 0.25) is 0 Å². The summed E-state index contributed by atoms with van der Waals surface area (Å²) in [4.78, 5) is 16.1. The molecule has 0 bridgehead atoms. The van der Waals surface area contributed by atoms with Gasteiger partial charge in [0, 0.05) is 35.8 Å². The molecule has 1 fully saturated rings. The normalized spacial score (nSPS) is 16.5. The summed E-state index contributed by atoms with van der Waals surface area (Å²) in [6.07, 6.45) is 3.69. The Morgan fingerprint density at radius 3 is 2.75 bits per heavy atom. The Morgan fingerprint density at radius 2 is 2.12 bits per heavy atom. The zero-order chi connectivity index (χ0) is 17.2. The van der Waals surface area contributed by atoms with Gasteiger partial charge in [-0.25, -0.2) is 0 Å². The number of carbonyl (C=O) groups excluding carboxylic acids is 1. The number of aromatic nitrogens is 2. The number of likely N-dealkylation sites (tertiary alicyclic amines) is 1. The van der Waals surface area contributed by atoms with Gasteiger partial charge in [0.05, 0.1) is 18.6 Å². The van der Waals surface area contributed by atoms with Gasteiger partial charge < -0.3 is 10.0 Å². The number of rotatable bonds is 5. The van der Waals surface area contributed by atoms with Gasteiger partial charge >= 0.3 is 0 Å². The Morgan fingerprint density at radius 1 is 1.38 bits per heavy atom. The molecule has 5 nitrogen and oxygen atoms in total. The van der Waals surface area contributed by atoms with E-state index in [1.165, 1.54) is 5.69 Å². The number of hydrogen-bond donors (Lipinski definition) is 1. The highest BCUT2D eigenvalue weighted by Crippen LogP contribution is 2.33. The second kappa shape index (κ2) is 7.07. The molecule has 1 aliphatic rings. The summed E-state index contributed by atoms with van der Waals surface area (Å²) in [6.45, 7) is 6.23. The molecule has 1 N–H and O–H groups in total. The Kier molecular flexibility index (Phi) is 5.06. The van der Waals surface area contributed by atoms with Crippen LogP contribution in [0.5, 0.6) is 0 Å². The van der Waals surface area contributed by atoms with Gasteiger partial charge in [0.25, 0.3) is 0 Å². The molecule has 2 aromatic heterocycles. The van der Waals surface area contributed by atoms with Gasteiger partial charge in [-0.15, -0.1) is 11.3 Å². The van der Waals surface area contributed by atoms with Gasteiger partial charge in [0.15, 0.2) is 0 Å². The lowest BCUT2D eigenvalue weighted by Gasteiger charge is -2.36. The SMILES string of the molecule is CC(C)(C(=O)N1CCC(c2ccnn2CCO)CC1)c1cccs1. The first-order valence-corrected chi connectivity index (χ1v) is 9.38. The topological polar surface area (TPSA) is 58.4 Å². The van der Waals surface area contributed by atoms with Crippen molar-refractivity contribution in [1.29, 1.82) is 0 Å². The van der Waals surface area contributed by atoms with Crippen molar-refractivity contribution in [3.63, 3.8) is 0 Å². The number of hydrogen-bond acceptors (Lipinski definition) is 4. The summed E-state index contributed by atoms with van der Waals surface area (Å²) in [5.74, 6) is 0.625. The van der Waals surface area contributed by atoms with Crippen molar-refractivity contribution in [2.75, 3.05) is 19.7 Å². The molecule has 2 aromatic rings. The van der Waals surface area contributed by atoms with Crippen molar-refractivity contribution in [1.82, 2.24) is 14.7 Å². The quantitative estimate of drug-likeness (QED) is 0.904. The van der Waals surface area contributed by atoms with Crippen LogP contribution in [-0.4, -0.2) is 45.4 Å². The van der Waals surface area contributed by atoms with Crippen LogP contribution in [0.25, 0.3) is 0 Å². The standard InChI is InChI=1S/C18H25N3O2S/c1-18(2,16-4-3-13-24-16)17(23)20-9-6-14(7-10-20)15-5-8-19-21(15)11-12-22/h3-5,8,13-14,22H,6-7,9-12H2,1-2H3. The van der Waals surface area contributed by atoms with Crippen LogP contribution in [0.4, 0.5) is 0 Å². The predicted molar refractivity (Wildman–Crippen MR) is 95.2 cm³/mol. The molecule has 1 aliphatic heterocycles. The summed E-state index contributed by atoms with van der Waals surface area (Å²) in [5, 5.41) is 15.5. The number of aliphatic hydroxyl groups is 1. The minimum atomic E-state index is -0.459. The molecule has 3 heterocycles. The van der Waals surface area contributed by atoms with Crippen molar-refractivity contribution < 1.29 is 9.90 Å². The lowest BCUT2D eigenvalue weighted by molar-refractivity contribution is -0.137. The molecular weight excluding hydrogens is 322 g/mol. The van der Waals surface area contributed by atoms with E-state index in [1.54, 1.807) is 17.5 Å². The molecule has 6 heteroatoms. The van der Waals surface area contributed by atoms with Gasteiger partial charge in [0.2, 0.25) is 5.91 Å². The van der Waals surface area contributed by atoms with Gasteiger partial charge in [-0.2, -0.15) is 5.10 Å². The van der Waals surface area contributed by atoms with Gasteiger partial charge in [-0.05, 0) is 44.2 Å². The number of amides is 1. The molecule has 24 heavy (non-hydrogen) atoms. The third-order valence-electron chi connectivity index (χ3n) is 4.93. The van der Waals surface area contributed by atoms with Crippen molar-refractivity contribution in [2.45, 2.75) is 44.6 Å². The highest BCUT2D eigenvalue weighted by Gasteiger charge is 2.36. The van der Waals surface area contributed by atoms with E-state index in [2.05, 4.69) is 5.10 Å². The van der Waals surface area contributed by atoms with Crippen LogP contribution in [0.1, 0.15) is 43.2 Å². The summed E-state index contributed by atoms with van der Waals surface area (Å²) in [6, 6.07) is 6.08. The molecule has 0 unspecified atom stereocenters. The largest absolute Gasteiger partial charge is 0.394 e. The van der Waals surface area contributed by atoms with E-state index in [4.69, 9.17) is 5.11 Å². The van der Waals surface area contributed by atoms with Crippen LogP contribution in [-0.2, 0) is 16.8 Å². The van der Waals surface area contributed by atoms with Gasteiger partial charge in [-0.3, -0.25) is 9.48 Å². The van der Waals surface area contributed by atoms with Crippen molar-refractivity contribution in [3.05, 3.63) is 40.3 Å². The molecule has 0 spiro atoms. The second-order valence-electron chi connectivity index (χ2n) is 6.87. The first-order chi connectivity index (χ1) is 11.5. The maximum atomic E-state index is 13.0. The molecule has 0 radical (unpaired) electrons. The highest BCUT2D eigenvalue weighted by atomic mass is 32.1. The minimum absolute atomic E-state index is 0.0982. The van der Waals surface area contributed by atoms with E-state index >= 15 is 0 Å². The fourth-order valence-electron chi connectivity index (χ4n) is 3.48. The number of carbonyl (C=O) groups is 1. The monoisotopic (exact) mass is 347 g/mol. The first kappa shape index (κ1) is 17.2. The van der Waals surface area contributed by atoms with E-state index in [0.717, 1.165) is 30.8 Å². The van der Waals surface area contributed by atoms with Crippen LogP contribution in [0.15, 0.2) is 29.8 Å². The average Bonchev–Trinajstić information content (AvgIpc) is 3.27. The average molecular weight is 347 g/mol. The van der Waals surface area contributed by atoms with Crippen LogP contribution in [0, 0.1) is 0 Å². The minimum Gasteiger partial charge on any atom is -0.394 e. The van der Waals surface area contributed by atoms with Crippen LogP contribution in [0.3, 0.4) is 0 Å². The van der Waals surface area contributed by atoms with Gasteiger partial charge in [-0.1, -0.05) is 6.07 Å². The fourth-order valence-corrected chi connectivity index (χ4v) is 4.33. The molecule has 130 valence electrons. The summed E-state index contributed by atoms with van der Waals surface area (Å²) >= 11 is 1.65. The van der Waals surface area contributed by atoms with Crippen molar-refractivity contribution in [3.8, 4) is 0 Å². The lowest BCUT2D eigenvalue weighted by atomic mass is 9.87. The molecule has 0 saturated carbocycles. The smallest absolute Gasteiger partial charge is 0.233 e. The molecule has 1 saturated heterocycles. The first-order valence-electron chi connectivity index (χ1n) is 8.50. The summed E-state index contributed by atoms with van der Waals surface area (Å²) in [7, 11) is 0. The second-order valence-corrected chi connectivity index (χ2v) is 7.82. The Labute approximate surface area is 146 Å². The van der Waals surface area contributed by atoms with E-state index < -0.39 is 5.41 Å². The number of aliphatic hydroxyl groups excluding tert-OH is 1. The van der Waals surface area contributed by atoms with E-state index in [1.807, 2.05) is 47.0 Å². The van der Waals surface area contributed by atoms with E-state index in [0.29, 0.717) is 12.5 Å². The van der Waals surface area contributed by atoms with E-state index in [-0.39, 0.29) is 12.5 Å². The molecule has 1 amide bonds. The number of thiophene rings is 1. The Bertz CT molecular complexity index is 670. The van der Waals surface area contributed by atoms with Crippen molar-refractivity contribution >= 4 is 17.2 Å².